The topological polar surface area (TPSA) is 74.4 Å². The summed E-state index contributed by atoms with van der Waals surface area (Å²) >= 11 is 0. The van der Waals surface area contributed by atoms with E-state index in [9.17, 15) is 4.79 Å². The van der Waals surface area contributed by atoms with Gasteiger partial charge in [0, 0.05) is 17.2 Å². The van der Waals surface area contributed by atoms with Crippen LogP contribution in [-0.2, 0) is 6.42 Å². The van der Waals surface area contributed by atoms with Crippen molar-refractivity contribution in [1.82, 2.24) is 20.4 Å². The molecule has 0 bridgehead atoms. The third-order valence-electron chi connectivity index (χ3n) is 4.37. The summed E-state index contributed by atoms with van der Waals surface area (Å²) < 4.78 is 0. The maximum atomic E-state index is 11.4. The molecule has 5 nitrogen and oxygen atoms in total. The highest BCUT2D eigenvalue weighted by Crippen LogP contribution is 2.37. The predicted molar refractivity (Wildman–Crippen MR) is 103 cm³/mol. The minimum absolute atomic E-state index is 0.229. The first-order valence-electron chi connectivity index (χ1n) is 8.55. The molecule has 4 rings (SSSR count). The second-order valence-electron chi connectivity index (χ2n) is 6.05. The Kier molecular flexibility index (Phi) is 4.19. The van der Waals surface area contributed by atoms with Crippen LogP contribution in [0, 0.1) is 0 Å². The molecule has 128 valence electrons. The number of nitrogens with one attached hydrogen (secondary N) is 2. The number of aromatic amines is 2. The molecule has 0 aliphatic rings. The Labute approximate surface area is 150 Å². The normalized spacial score (nSPS) is 10.8. The second kappa shape index (κ2) is 6.80. The molecule has 5 heteroatoms. The highest BCUT2D eigenvalue weighted by molar-refractivity contribution is 5.89. The van der Waals surface area contributed by atoms with Gasteiger partial charge in [-0.2, -0.15) is 10.2 Å². The minimum Gasteiger partial charge on any atom is -0.277 e. The number of hydrogen-bond acceptors (Lipinski definition) is 3. The molecule has 2 aromatic heterocycles. The fourth-order valence-electron chi connectivity index (χ4n) is 3.04. The first-order valence-corrected chi connectivity index (χ1v) is 8.55. The van der Waals surface area contributed by atoms with E-state index >= 15 is 0 Å². The summed E-state index contributed by atoms with van der Waals surface area (Å²) in [6.07, 6.45) is 0.954. The molecular formula is C21H18N4O. The van der Waals surface area contributed by atoms with E-state index in [1.165, 1.54) is 11.6 Å². The lowest BCUT2D eigenvalue weighted by atomic mass is 9.98. The first-order chi connectivity index (χ1) is 12.8. The van der Waals surface area contributed by atoms with Crippen LogP contribution in [0.1, 0.15) is 12.5 Å². The molecule has 0 radical (unpaired) electrons. The van der Waals surface area contributed by atoms with Crippen molar-refractivity contribution in [3.63, 3.8) is 0 Å². The van der Waals surface area contributed by atoms with E-state index in [0.717, 1.165) is 34.5 Å². The highest BCUT2D eigenvalue weighted by atomic mass is 16.1. The van der Waals surface area contributed by atoms with Gasteiger partial charge in [-0.25, -0.2) is 5.10 Å². The fourth-order valence-corrected chi connectivity index (χ4v) is 3.04. The Morgan fingerprint density at radius 2 is 1.65 bits per heavy atom. The summed E-state index contributed by atoms with van der Waals surface area (Å²) in [6, 6.07) is 21.5. The molecule has 0 saturated heterocycles. The molecule has 0 amide bonds. The second-order valence-corrected chi connectivity index (χ2v) is 6.05. The monoisotopic (exact) mass is 342 g/mol. The molecule has 4 aromatic rings. The average Bonchev–Trinajstić information content (AvgIpc) is 3.14. The van der Waals surface area contributed by atoms with Gasteiger partial charge in [-0.3, -0.25) is 9.89 Å². The van der Waals surface area contributed by atoms with Crippen LogP contribution >= 0.6 is 0 Å². The van der Waals surface area contributed by atoms with Gasteiger partial charge in [0.2, 0.25) is 0 Å². The number of benzene rings is 2. The van der Waals surface area contributed by atoms with Crippen molar-refractivity contribution >= 4 is 0 Å². The first kappa shape index (κ1) is 16.0. The van der Waals surface area contributed by atoms with Gasteiger partial charge in [0.1, 0.15) is 5.69 Å². The molecule has 0 aliphatic carbocycles. The summed E-state index contributed by atoms with van der Waals surface area (Å²) in [7, 11) is 0. The van der Waals surface area contributed by atoms with Gasteiger partial charge in [0.15, 0.2) is 0 Å². The van der Waals surface area contributed by atoms with Gasteiger partial charge < -0.3 is 0 Å². The summed E-state index contributed by atoms with van der Waals surface area (Å²) in [6.45, 7) is 2.13. The molecule has 2 heterocycles. The van der Waals surface area contributed by atoms with Crippen LogP contribution in [0.15, 0.2) is 71.5 Å². The Hall–Kier alpha value is -3.47. The standard InChI is InChI=1S/C21H18N4O/c1-2-14-7-6-10-16(13-14)21-19(17-11-12-18(26)23-22-17)20(24-25-21)15-8-4-3-5-9-15/h3-13H,2H2,1H3,(H,23,26)(H,24,25). The quantitative estimate of drug-likeness (QED) is 0.587. The largest absolute Gasteiger partial charge is 0.277 e. The van der Waals surface area contributed by atoms with E-state index in [2.05, 4.69) is 39.5 Å². The molecule has 0 unspecified atom stereocenters. The summed E-state index contributed by atoms with van der Waals surface area (Å²) in [4.78, 5) is 11.4. The van der Waals surface area contributed by atoms with Gasteiger partial charge in [0.25, 0.3) is 5.56 Å². The van der Waals surface area contributed by atoms with E-state index in [1.54, 1.807) is 6.07 Å². The fraction of sp³-hybridized carbons (Fsp3) is 0.0952. The molecule has 0 spiro atoms. The van der Waals surface area contributed by atoms with Crippen LogP contribution in [0.2, 0.25) is 0 Å². The number of H-pyrrole nitrogens is 2. The van der Waals surface area contributed by atoms with Gasteiger partial charge in [-0.1, -0.05) is 55.5 Å². The lowest BCUT2D eigenvalue weighted by molar-refractivity contribution is 0.996. The van der Waals surface area contributed by atoms with Crippen molar-refractivity contribution in [2.45, 2.75) is 13.3 Å². The van der Waals surface area contributed by atoms with Crippen molar-refractivity contribution < 1.29 is 0 Å². The highest BCUT2D eigenvalue weighted by Gasteiger charge is 2.19. The maximum absolute atomic E-state index is 11.4. The van der Waals surface area contributed by atoms with E-state index in [1.807, 2.05) is 42.5 Å². The van der Waals surface area contributed by atoms with E-state index in [0.29, 0.717) is 5.69 Å². The number of rotatable bonds is 4. The third kappa shape index (κ3) is 2.95. The lowest BCUT2D eigenvalue weighted by Gasteiger charge is -2.07. The van der Waals surface area contributed by atoms with Gasteiger partial charge in [0.05, 0.1) is 17.0 Å². The van der Waals surface area contributed by atoms with Crippen molar-refractivity contribution in [2.24, 2.45) is 0 Å². The van der Waals surface area contributed by atoms with E-state index in [4.69, 9.17) is 0 Å². The van der Waals surface area contributed by atoms with E-state index in [-0.39, 0.29) is 5.56 Å². The summed E-state index contributed by atoms with van der Waals surface area (Å²) in [5, 5.41) is 14.5. The molecule has 26 heavy (non-hydrogen) atoms. The molecule has 0 fully saturated rings. The Bertz CT molecular complexity index is 1080. The Balaban J connectivity index is 1.96. The van der Waals surface area contributed by atoms with Crippen LogP contribution in [0.5, 0.6) is 0 Å². The van der Waals surface area contributed by atoms with Crippen LogP contribution in [0.3, 0.4) is 0 Å². The van der Waals surface area contributed by atoms with Crippen LogP contribution in [0.25, 0.3) is 33.8 Å². The van der Waals surface area contributed by atoms with E-state index < -0.39 is 0 Å². The smallest absolute Gasteiger partial charge is 0.264 e. The summed E-state index contributed by atoms with van der Waals surface area (Å²) in [5.74, 6) is 0. The number of aromatic nitrogens is 4. The molecule has 2 aromatic carbocycles. The van der Waals surface area contributed by atoms with Crippen LogP contribution < -0.4 is 5.56 Å². The maximum Gasteiger partial charge on any atom is 0.264 e. The zero-order valence-corrected chi connectivity index (χ0v) is 14.4. The Morgan fingerprint density at radius 1 is 0.846 bits per heavy atom. The molecule has 0 aliphatic heterocycles. The van der Waals surface area contributed by atoms with Crippen molar-refractivity contribution in [3.05, 3.63) is 82.6 Å². The van der Waals surface area contributed by atoms with Crippen molar-refractivity contribution in [2.75, 3.05) is 0 Å². The predicted octanol–water partition coefficient (Wildman–Crippen LogP) is 4.06. The van der Waals surface area contributed by atoms with Gasteiger partial charge >= 0.3 is 0 Å². The zero-order chi connectivity index (χ0) is 17.9. The Morgan fingerprint density at radius 3 is 2.38 bits per heavy atom. The van der Waals surface area contributed by atoms with Crippen molar-refractivity contribution in [3.8, 4) is 33.8 Å². The third-order valence-corrected chi connectivity index (χ3v) is 4.37. The minimum atomic E-state index is -0.229. The molecule has 0 saturated carbocycles. The molecule has 0 atom stereocenters. The molecule has 2 N–H and O–H groups in total. The number of nitrogens with zero attached hydrogens (tertiary/aromatic N) is 2. The lowest BCUT2D eigenvalue weighted by Crippen LogP contribution is -2.06. The SMILES string of the molecule is CCc1cccc(-c2n[nH]c(-c3ccccc3)c2-c2ccc(=O)[nH]n2)c1. The number of hydrogen-bond donors (Lipinski definition) is 2. The summed E-state index contributed by atoms with van der Waals surface area (Å²) in [5.41, 5.74) is 6.29. The van der Waals surface area contributed by atoms with Crippen molar-refractivity contribution in [1.29, 1.82) is 0 Å². The van der Waals surface area contributed by atoms with Crippen LogP contribution in [-0.4, -0.2) is 20.4 Å². The molecular weight excluding hydrogens is 324 g/mol. The average molecular weight is 342 g/mol. The van der Waals surface area contributed by atoms with Crippen LogP contribution in [0.4, 0.5) is 0 Å². The van der Waals surface area contributed by atoms with Gasteiger partial charge in [-0.05, 0) is 24.1 Å². The zero-order valence-electron chi connectivity index (χ0n) is 14.4. The number of aryl methyl sites for hydroxylation is 1. The van der Waals surface area contributed by atoms with Gasteiger partial charge in [-0.15, -0.1) is 0 Å².